The largest absolute Gasteiger partial charge is 0.459 e. The fourth-order valence-corrected chi connectivity index (χ4v) is 9.50. The van der Waals surface area contributed by atoms with E-state index < -0.39 is 101 Å². The monoisotopic (exact) mass is 1170 g/mol. The van der Waals surface area contributed by atoms with E-state index in [1.165, 1.54) is 13.8 Å². The summed E-state index contributed by atoms with van der Waals surface area (Å²) in [5, 5.41) is 62.2. The van der Waals surface area contributed by atoms with Crippen molar-refractivity contribution in [1.29, 1.82) is 1.12 Å². The van der Waals surface area contributed by atoms with Crippen LogP contribution in [0.25, 0.3) is 0 Å². The zero-order valence-corrected chi connectivity index (χ0v) is 40.1. The summed E-state index contributed by atoms with van der Waals surface area (Å²) in [5.74, 6) is -4.36. The van der Waals surface area contributed by atoms with Crippen molar-refractivity contribution in [3.63, 3.8) is 0 Å². The van der Waals surface area contributed by atoms with Gasteiger partial charge in [0, 0.05) is 125 Å². The Balaban J connectivity index is 0.00000364. The first-order valence-corrected chi connectivity index (χ1v) is 17.7. The van der Waals surface area contributed by atoms with Crippen LogP contribution >= 0.6 is 12.5 Å². The number of ether oxygens (including phenoxy) is 4. The number of alkyl carbamates (subject to hydrolysis) is 1. The molecule has 4 aliphatic carbocycles. The van der Waals surface area contributed by atoms with Crippen LogP contribution in [0.3, 0.4) is 0 Å². The summed E-state index contributed by atoms with van der Waals surface area (Å²) in [6, 6.07) is -1.09. The van der Waals surface area contributed by atoms with E-state index in [-0.39, 0.29) is 131 Å². The maximum absolute atomic E-state index is 14.4. The van der Waals surface area contributed by atoms with Gasteiger partial charge in [-0.2, -0.15) is 12.5 Å². The molecule has 6 N–H and O–H groups in total. The third-order valence-electron chi connectivity index (χ3n) is 12.3. The minimum absolute atomic E-state index is 0. The molecule has 1 aliphatic heterocycles. The zero-order valence-electron chi connectivity index (χ0n) is 30.8. The van der Waals surface area contributed by atoms with Gasteiger partial charge in [0.25, 0.3) is 0 Å². The van der Waals surface area contributed by atoms with Crippen LogP contribution in [0.15, 0.2) is 11.1 Å². The first-order valence-electron chi connectivity index (χ1n) is 17.5. The smallest absolute Gasteiger partial charge is 0.407 e. The maximum atomic E-state index is 14.4. The summed E-state index contributed by atoms with van der Waals surface area (Å²) in [4.78, 5) is 53.6. The number of esters is 2. The first-order chi connectivity index (χ1) is 23.4. The van der Waals surface area contributed by atoms with Crippen molar-refractivity contribution in [3.8, 4) is 0 Å². The Morgan fingerprint density at radius 1 is 1.10 bits per heavy atom. The van der Waals surface area contributed by atoms with Crippen molar-refractivity contribution >= 4 is 36.3 Å². The second-order valence-electron chi connectivity index (χ2n) is 15.2. The minimum Gasteiger partial charge on any atom is -0.459 e. The molecule has 0 aromatic heterocycles. The average molecular weight is 1170 g/mol. The molecule has 11 atom stereocenters. The number of amides is 1. The third-order valence-corrected chi connectivity index (χ3v) is 12.4. The number of ketones is 1. The van der Waals surface area contributed by atoms with Gasteiger partial charge in [-0.15, -0.1) is 0 Å². The topological polar surface area (TPSA) is 218 Å². The molecule has 1 unspecified atom stereocenters. The van der Waals surface area contributed by atoms with E-state index in [9.17, 15) is 44.7 Å². The van der Waals surface area contributed by atoms with E-state index in [4.69, 9.17) is 20.1 Å². The number of hydrogen-bond acceptors (Lipinski definition) is 14. The summed E-state index contributed by atoms with van der Waals surface area (Å²) in [6.07, 6.45) is -6.82. The van der Waals surface area contributed by atoms with Crippen LogP contribution in [0.2, 0.25) is 0 Å². The van der Waals surface area contributed by atoms with E-state index in [2.05, 4.69) is 5.32 Å². The van der Waals surface area contributed by atoms with Gasteiger partial charge < -0.3 is 49.8 Å². The van der Waals surface area contributed by atoms with Crippen LogP contribution < -0.4 is 5.32 Å². The first kappa shape index (κ1) is 44.3. The fourth-order valence-electron chi connectivity index (χ4n) is 9.41. The van der Waals surface area contributed by atoms with Gasteiger partial charge in [-0.05, 0) is 43.8 Å². The summed E-state index contributed by atoms with van der Waals surface area (Å²) in [7, 11) is 0. The molecule has 5 aliphatic rings. The Hall–Kier alpha value is 0.613. The number of rotatable bonds is 9. The molecule has 5 rings (SSSR count). The molecular weight excluding hydrogens is 1120 g/mol. The van der Waals surface area contributed by atoms with Crippen molar-refractivity contribution in [2.24, 2.45) is 22.7 Å². The zero-order chi connectivity index (χ0) is 37.0. The van der Waals surface area contributed by atoms with Gasteiger partial charge in [0.05, 0.1) is 30.3 Å². The second-order valence-corrected chi connectivity index (χ2v) is 15.6. The number of hydrogen-bond donors (Lipinski definition) is 7. The van der Waals surface area contributed by atoms with Crippen LogP contribution in [0.4, 0.5) is 4.79 Å². The van der Waals surface area contributed by atoms with E-state index >= 15 is 0 Å². The Morgan fingerprint density at radius 3 is 2.31 bits per heavy atom. The van der Waals surface area contributed by atoms with Crippen molar-refractivity contribution in [3.05, 3.63) is 11.1 Å². The predicted octanol–water partition coefficient (Wildman–Crippen LogP) is 0.734. The molecule has 1 heterocycles. The van der Waals surface area contributed by atoms with Gasteiger partial charge in [-0.25, -0.2) is 9.59 Å². The van der Waals surface area contributed by atoms with Gasteiger partial charge in [0.2, 0.25) is 0 Å². The number of carbonyl (C=O) groups excluding carboxylic acids is 4. The van der Waals surface area contributed by atoms with E-state index in [1.807, 2.05) is 0 Å². The van der Waals surface area contributed by atoms with Gasteiger partial charge in [0.15, 0.2) is 11.9 Å². The summed E-state index contributed by atoms with van der Waals surface area (Å²) in [5.41, 5.74) is -7.28. The predicted molar refractivity (Wildman–Crippen MR) is 174 cm³/mol. The number of aliphatic hydroxyl groups excluding tert-OH is 3. The van der Waals surface area contributed by atoms with Gasteiger partial charge in [-0.3, -0.25) is 9.59 Å². The third kappa shape index (κ3) is 7.96. The molecular formula is C34H51Ac2NO13S. The van der Waals surface area contributed by atoms with Crippen molar-refractivity contribution < 1.29 is 152 Å². The van der Waals surface area contributed by atoms with E-state index in [0.29, 0.717) is 12.8 Å². The minimum atomic E-state index is -2.22. The number of carbonyl (C=O) groups is 4. The van der Waals surface area contributed by atoms with Crippen LogP contribution in [-0.4, -0.2) is 123 Å². The molecule has 2 bridgehead atoms. The number of aliphatic hydroxyl groups is 5. The standard InChI is InChI=1S/C34H51NO13S.2Ac/c1-16-19(48-29(41)25(39)23(18-9-7-6-8-10-18)35-30(42)45-11-12-49)14-34(44)28(47-17(2)36)26-32(5,20(37)13-21-33(26,43)15-46-21)27(40)24(38)22(16)31(34,3)4;;/h18-21,23-26,28,37-39,43-44,49H,6-15H2,1-5H3,(H,35,42);;/t19?,20-,21+,23-,24+,25+,26-,28-,32+,33-,34+;;/m0../s1/i/hT. The summed E-state index contributed by atoms with van der Waals surface area (Å²) in [6.45, 7) is 6.79. The maximum Gasteiger partial charge on any atom is 0.407 e. The van der Waals surface area contributed by atoms with Gasteiger partial charge in [-0.1, -0.05) is 33.1 Å². The number of nitrogens with one attached hydrogen (secondary N) is 1. The molecule has 0 aromatic rings. The fraction of sp³-hybridized carbons (Fsp3) is 0.824. The Kier molecular flexibility index (Phi) is 15.1. The Bertz CT molecular complexity index is 1400. The summed E-state index contributed by atoms with van der Waals surface area (Å²) < 4.78 is 29.6. The summed E-state index contributed by atoms with van der Waals surface area (Å²) >= 11 is 0.741. The molecule has 14 nitrogen and oxygen atoms in total. The second kappa shape index (κ2) is 17.4. The molecule has 0 spiro atoms. The van der Waals surface area contributed by atoms with E-state index in [0.717, 1.165) is 38.7 Å². The molecule has 17 heteroatoms. The van der Waals surface area contributed by atoms with Crippen molar-refractivity contribution in [1.82, 2.24) is 5.32 Å². The quantitative estimate of drug-likeness (QED) is 0.0559. The molecule has 282 valence electrons. The SMILES string of the molecule is [3H]SCCOC(=O)N[C@@H](C1CCCCC1)[C@@H](O)C(=O)OC1C[C@@]2(O)[C@@H](OC(C)=O)[C@@H]3[C@]4(O)CO[C@@H]4C[C@H](O)[C@@]3(C)C(=O)[C@H](O)C(=C1C)C2(C)C.[Ac].[Ac]. The Labute approximate surface area is 376 Å². The number of thiol groups is 1. The van der Waals surface area contributed by atoms with Crippen molar-refractivity contribution in [2.45, 2.75) is 133 Å². The van der Waals surface area contributed by atoms with E-state index in [1.54, 1.807) is 13.8 Å². The molecule has 2 radical (unpaired) electrons. The van der Waals surface area contributed by atoms with Crippen LogP contribution in [-0.2, 0) is 33.3 Å². The molecule has 1 amide bonds. The normalized spacial score (nSPS) is 38.6. The van der Waals surface area contributed by atoms with Gasteiger partial charge >= 0.3 is 18.0 Å². The molecule has 1 saturated heterocycles. The average Bonchev–Trinajstić information content (AvgIpc) is 3.05. The molecule has 51 heavy (non-hydrogen) atoms. The van der Waals surface area contributed by atoms with Gasteiger partial charge in [0.1, 0.15) is 37.2 Å². The molecule has 3 saturated carbocycles. The Morgan fingerprint density at radius 2 is 1.75 bits per heavy atom. The number of Topliss-reactive ketones (excluding diaryl/α,β-unsaturated/α-hetero) is 1. The number of fused-ring (bicyclic) bond motifs is 5. The molecule has 0 aromatic carbocycles. The van der Waals surface area contributed by atoms with Crippen molar-refractivity contribution in [2.75, 3.05) is 19.0 Å². The van der Waals surface area contributed by atoms with Crippen LogP contribution in [0.5, 0.6) is 0 Å². The molecule has 4 fully saturated rings. The van der Waals surface area contributed by atoms with Crippen LogP contribution in [0.1, 0.15) is 79.6 Å². The van der Waals surface area contributed by atoms with Crippen LogP contribution in [0, 0.1) is 111 Å².